The molecule has 0 aliphatic carbocycles. The van der Waals surface area contributed by atoms with Gasteiger partial charge in [-0.15, -0.1) is 0 Å². The Morgan fingerprint density at radius 2 is 1.79 bits per heavy atom. The number of aromatic nitrogens is 1. The quantitative estimate of drug-likeness (QED) is 0.645. The maximum Gasteiger partial charge on any atom is 0.322 e. The number of nitrogens with zero attached hydrogens (tertiary/aromatic N) is 2. The van der Waals surface area contributed by atoms with E-state index < -0.39 is 0 Å². The lowest BCUT2D eigenvalue weighted by Crippen LogP contribution is -2.44. The van der Waals surface area contributed by atoms with Crippen molar-refractivity contribution in [3.8, 4) is 0 Å². The van der Waals surface area contributed by atoms with Gasteiger partial charge in [0.25, 0.3) is 0 Å². The molecule has 1 atom stereocenters. The molecule has 2 heterocycles. The van der Waals surface area contributed by atoms with Gasteiger partial charge >= 0.3 is 6.03 Å². The summed E-state index contributed by atoms with van der Waals surface area (Å²) in [7, 11) is 0. The molecular weight excluding hydrogens is 346 g/mol. The molecule has 1 N–H and O–H groups in total. The van der Waals surface area contributed by atoms with Crippen LogP contribution in [0.2, 0.25) is 0 Å². The van der Waals surface area contributed by atoms with Gasteiger partial charge in [0.1, 0.15) is 0 Å². The van der Waals surface area contributed by atoms with Crippen LogP contribution in [-0.2, 0) is 6.54 Å². The van der Waals surface area contributed by atoms with Crippen molar-refractivity contribution >= 4 is 11.7 Å². The highest BCUT2D eigenvalue weighted by Crippen LogP contribution is 2.35. The number of nitrogens with one attached hydrogen (secondary N) is 1. The number of aryl methyl sites for hydroxylation is 3. The Balaban J connectivity index is 1.72. The summed E-state index contributed by atoms with van der Waals surface area (Å²) < 4.78 is 2.26. The summed E-state index contributed by atoms with van der Waals surface area (Å²) in [6.07, 6.45) is 2.10. The molecule has 2 amide bonds. The molecule has 0 bridgehead atoms. The average Bonchev–Trinajstić information content (AvgIpc) is 3.14. The number of urea groups is 1. The molecule has 28 heavy (non-hydrogen) atoms. The number of carbonyl (C=O) groups is 1. The lowest BCUT2D eigenvalue weighted by atomic mass is 9.94. The summed E-state index contributed by atoms with van der Waals surface area (Å²) in [5.41, 5.74) is 7.96. The van der Waals surface area contributed by atoms with Crippen LogP contribution in [0.25, 0.3) is 0 Å². The van der Waals surface area contributed by atoms with Crippen LogP contribution in [0.1, 0.15) is 39.6 Å². The Morgan fingerprint density at radius 3 is 2.57 bits per heavy atom. The highest BCUT2D eigenvalue weighted by molar-refractivity contribution is 5.91. The monoisotopic (exact) mass is 373 g/mol. The molecular formula is C24H27N3O. The van der Waals surface area contributed by atoms with Gasteiger partial charge in [0.05, 0.1) is 6.04 Å². The summed E-state index contributed by atoms with van der Waals surface area (Å²) in [6.45, 7) is 9.84. The highest BCUT2D eigenvalue weighted by atomic mass is 16.2. The van der Waals surface area contributed by atoms with E-state index in [4.69, 9.17) is 0 Å². The Morgan fingerprint density at radius 1 is 0.964 bits per heavy atom. The van der Waals surface area contributed by atoms with Gasteiger partial charge in [-0.3, -0.25) is 0 Å². The van der Waals surface area contributed by atoms with Gasteiger partial charge < -0.3 is 14.8 Å². The van der Waals surface area contributed by atoms with E-state index in [-0.39, 0.29) is 12.1 Å². The number of anilines is 1. The molecule has 4 rings (SSSR count). The van der Waals surface area contributed by atoms with E-state index in [1.54, 1.807) is 0 Å². The fourth-order valence-electron chi connectivity index (χ4n) is 4.14. The van der Waals surface area contributed by atoms with Gasteiger partial charge in [-0.1, -0.05) is 35.9 Å². The number of hydrogen-bond acceptors (Lipinski definition) is 1. The summed E-state index contributed by atoms with van der Waals surface area (Å²) in [4.78, 5) is 15.3. The number of fused-ring (bicyclic) bond motifs is 1. The van der Waals surface area contributed by atoms with Crippen molar-refractivity contribution in [1.82, 2.24) is 9.47 Å². The zero-order valence-electron chi connectivity index (χ0n) is 17.0. The molecule has 4 heteroatoms. The minimum absolute atomic E-state index is 0.0499. The minimum Gasteiger partial charge on any atom is -0.348 e. The predicted octanol–water partition coefficient (Wildman–Crippen LogP) is 5.36. The maximum atomic E-state index is 13.3. The van der Waals surface area contributed by atoms with Gasteiger partial charge in [-0.05, 0) is 68.1 Å². The van der Waals surface area contributed by atoms with Crippen LogP contribution in [0, 0.1) is 27.7 Å². The van der Waals surface area contributed by atoms with Crippen molar-refractivity contribution in [1.29, 1.82) is 0 Å². The summed E-state index contributed by atoms with van der Waals surface area (Å²) >= 11 is 0. The topological polar surface area (TPSA) is 37.3 Å². The number of carbonyl (C=O) groups excluding carboxylic acids is 1. The molecule has 1 aromatic heterocycles. The number of hydrogen-bond donors (Lipinski definition) is 1. The van der Waals surface area contributed by atoms with Crippen molar-refractivity contribution in [2.45, 2.75) is 40.3 Å². The fourth-order valence-corrected chi connectivity index (χ4v) is 4.14. The first-order valence-corrected chi connectivity index (χ1v) is 9.81. The van der Waals surface area contributed by atoms with E-state index >= 15 is 0 Å². The summed E-state index contributed by atoms with van der Waals surface area (Å²) in [5, 5.41) is 3.15. The van der Waals surface area contributed by atoms with Crippen molar-refractivity contribution in [2.75, 3.05) is 11.9 Å². The van der Waals surface area contributed by atoms with Crippen LogP contribution in [0.5, 0.6) is 0 Å². The third-order valence-corrected chi connectivity index (χ3v) is 5.87. The van der Waals surface area contributed by atoms with Crippen LogP contribution in [0.3, 0.4) is 0 Å². The number of benzene rings is 2. The number of amides is 2. The van der Waals surface area contributed by atoms with E-state index in [9.17, 15) is 4.79 Å². The van der Waals surface area contributed by atoms with Gasteiger partial charge in [-0.25, -0.2) is 4.79 Å². The van der Waals surface area contributed by atoms with Crippen LogP contribution >= 0.6 is 0 Å². The molecule has 1 aliphatic heterocycles. The van der Waals surface area contributed by atoms with E-state index in [2.05, 4.69) is 73.3 Å². The SMILES string of the molecule is Cc1ccc([C@H]2c3cccn3CCN2C(=O)Nc2cccc(C)c2C)c(C)c1. The molecule has 0 saturated heterocycles. The van der Waals surface area contributed by atoms with Gasteiger partial charge in [0, 0.05) is 30.7 Å². The number of rotatable bonds is 2. The third-order valence-electron chi connectivity index (χ3n) is 5.87. The molecule has 144 valence electrons. The molecule has 0 radical (unpaired) electrons. The molecule has 3 aromatic rings. The van der Waals surface area contributed by atoms with Crippen molar-refractivity contribution in [3.63, 3.8) is 0 Å². The molecule has 0 saturated carbocycles. The van der Waals surface area contributed by atoms with E-state index in [1.807, 2.05) is 24.0 Å². The zero-order chi connectivity index (χ0) is 19.8. The normalized spacial score (nSPS) is 16.0. The largest absolute Gasteiger partial charge is 0.348 e. The predicted molar refractivity (Wildman–Crippen MR) is 114 cm³/mol. The van der Waals surface area contributed by atoms with E-state index in [1.165, 1.54) is 22.3 Å². The van der Waals surface area contributed by atoms with Crippen molar-refractivity contribution in [2.24, 2.45) is 0 Å². The second kappa shape index (κ2) is 7.19. The minimum atomic E-state index is -0.0885. The molecule has 0 spiro atoms. The first-order chi connectivity index (χ1) is 13.5. The molecule has 2 aromatic carbocycles. The van der Waals surface area contributed by atoms with Gasteiger partial charge in [-0.2, -0.15) is 0 Å². The third kappa shape index (κ3) is 3.19. The average molecular weight is 374 g/mol. The second-order valence-corrected chi connectivity index (χ2v) is 7.76. The Bertz CT molecular complexity index is 1030. The van der Waals surface area contributed by atoms with Crippen molar-refractivity contribution in [3.05, 3.63) is 88.2 Å². The summed E-state index contributed by atoms with van der Waals surface area (Å²) in [6, 6.07) is 16.6. The highest BCUT2D eigenvalue weighted by Gasteiger charge is 2.33. The van der Waals surface area contributed by atoms with Crippen LogP contribution in [0.4, 0.5) is 10.5 Å². The van der Waals surface area contributed by atoms with E-state index in [0.29, 0.717) is 6.54 Å². The first-order valence-electron chi connectivity index (χ1n) is 9.81. The summed E-state index contributed by atoms with van der Waals surface area (Å²) in [5.74, 6) is 0. The van der Waals surface area contributed by atoms with Gasteiger partial charge in [0.15, 0.2) is 0 Å². The second-order valence-electron chi connectivity index (χ2n) is 7.76. The Hall–Kier alpha value is -3.01. The smallest absolute Gasteiger partial charge is 0.322 e. The zero-order valence-corrected chi connectivity index (χ0v) is 17.0. The van der Waals surface area contributed by atoms with Crippen LogP contribution in [0.15, 0.2) is 54.7 Å². The maximum absolute atomic E-state index is 13.3. The standard InChI is InChI=1S/C24H27N3O/c1-16-10-11-20(18(3)15-16)23-22-9-6-12-26(22)13-14-27(23)24(28)25-21-8-5-7-17(2)19(21)4/h5-12,15,23H,13-14H2,1-4H3,(H,25,28)/t23-/m0/s1. The van der Waals surface area contributed by atoms with Crippen LogP contribution < -0.4 is 5.32 Å². The van der Waals surface area contributed by atoms with Crippen LogP contribution in [-0.4, -0.2) is 22.0 Å². The molecule has 0 unspecified atom stereocenters. The molecule has 1 aliphatic rings. The molecule has 4 nitrogen and oxygen atoms in total. The Labute approximate surface area is 166 Å². The lowest BCUT2D eigenvalue weighted by Gasteiger charge is -2.38. The lowest BCUT2D eigenvalue weighted by molar-refractivity contribution is 0.181. The van der Waals surface area contributed by atoms with Gasteiger partial charge in [0.2, 0.25) is 0 Å². The Kier molecular flexibility index (Phi) is 4.71. The van der Waals surface area contributed by atoms with Crippen molar-refractivity contribution < 1.29 is 4.79 Å². The first kappa shape index (κ1) is 18.4. The van der Waals surface area contributed by atoms with E-state index in [0.717, 1.165) is 23.5 Å². The fraction of sp³-hybridized carbons (Fsp3) is 0.292. The molecule has 0 fully saturated rings.